The number of methoxy groups -OCH3 is 2. The van der Waals surface area contributed by atoms with Gasteiger partial charge in [0.2, 0.25) is 5.67 Å². The van der Waals surface area contributed by atoms with Gasteiger partial charge in [0, 0.05) is 13.0 Å². The molecule has 0 spiro atoms. The first-order chi connectivity index (χ1) is 9.92. The van der Waals surface area contributed by atoms with Crippen LogP contribution in [0.3, 0.4) is 0 Å². The highest BCUT2D eigenvalue weighted by Gasteiger charge is 2.47. The Morgan fingerprint density at radius 2 is 2.05 bits per heavy atom. The number of amides is 1. The Labute approximate surface area is 121 Å². The highest BCUT2D eigenvalue weighted by molar-refractivity contribution is 5.98. The number of rotatable bonds is 4. The fourth-order valence-corrected chi connectivity index (χ4v) is 2.35. The minimum atomic E-state index is -2.39. The molecule has 114 valence electrons. The summed E-state index contributed by atoms with van der Waals surface area (Å²) in [4.78, 5) is 24.5. The molecule has 0 aliphatic carbocycles. The van der Waals surface area contributed by atoms with E-state index in [2.05, 4.69) is 0 Å². The predicted molar refractivity (Wildman–Crippen MR) is 71.5 cm³/mol. The van der Waals surface area contributed by atoms with Crippen LogP contribution in [0.2, 0.25) is 0 Å². The summed E-state index contributed by atoms with van der Waals surface area (Å²) < 4.78 is 24.3. The Balaban J connectivity index is 2.28. The largest absolute Gasteiger partial charge is 0.493 e. The van der Waals surface area contributed by atoms with Crippen molar-refractivity contribution in [3.63, 3.8) is 0 Å². The van der Waals surface area contributed by atoms with E-state index in [4.69, 9.17) is 14.6 Å². The number of likely N-dealkylation sites (tertiary alicyclic amines) is 1. The van der Waals surface area contributed by atoms with Crippen molar-refractivity contribution in [3.05, 3.63) is 23.8 Å². The smallest absolute Gasteiger partial charge is 0.343 e. The van der Waals surface area contributed by atoms with Crippen molar-refractivity contribution in [1.82, 2.24) is 4.90 Å². The van der Waals surface area contributed by atoms with E-state index in [0.29, 0.717) is 5.75 Å². The molecule has 1 aliphatic rings. The molecule has 1 fully saturated rings. The molecule has 0 aromatic heterocycles. The van der Waals surface area contributed by atoms with Gasteiger partial charge >= 0.3 is 5.97 Å². The maximum absolute atomic E-state index is 14.0. The summed E-state index contributed by atoms with van der Waals surface area (Å²) in [7, 11) is 2.84. The van der Waals surface area contributed by atoms with Crippen LogP contribution in [-0.2, 0) is 4.79 Å². The molecule has 2 rings (SSSR count). The van der Waals surface area contributed by atoms with Crippen LogP contribution >= 0.6 is 0 Å². The number of benzene rings is 1. The minimum Gasteiger partial charge on any atom is -0.493 e. The number of nitrogens with zero attached hydrogens (tertiary/aromatic N) is 1. The molecule has 7 heteroatoms. The Bertz CT molecular complexity index is 576. The van der Waals surface area contributed by atoms with Gasteiger partial charge in [-0.25, -0.2) is 9.18 Å². The van der Waals surface area contributed by atoms with Gasteiger partial charge in [0.15, 0.2) is 11.5 Å². The van der Waals surface area contributed by atoms with Crippen LogP contribution in [0.15, 0.2) is 18.2 Å². The van der Waals surface area contributed by atoms with E-state index in [1.807, 2.05) is 0 Å². The molecule has 1 saturated heterocycles. The standard InChI is InChI=1S/C14H16FNO5/c1-20-10-5-3-4-9(11(10)21-2)12(17)16-7-6-14(15,8-16)13(18)19/h3-5H,6-8H2,1-2H3,(H,18,19). The lowest BCUT2D eigenvalue weighted by molar-refractivity contribution is -0.149. The highest BCUT2D eigenvalue weighted by Crippen LogP contribution is 2.33. The first-order valence-corrected chi connectivity index (χ1v) is 6.35. The second kappa shape index (κ2) is 5.59. The lowest BCUT2D eigenvalue weighted by Crippen LogP contribution is -2.39. The quantitative estimate of drug-likeness (QED) is 0.907. The summed E-state index contributed by atoms with van der Waals surface area (Å²) in [6.45, 7) is -0.427. The van der Waals surface area contributed by atoms with Crippen LogP contribution in [0.25, 0.3) is 0 Å². The molecular weight excluding hydrogens is 281 g/mol. The molecule has 1 aromatic carbocycles. The molecule has 1 unspecified atom stereocenters. The average Bonchev–Trinajstić information content (AvgIpc) is 2.89. The minimum absolute atomic E-state index is 0.0436. The third-order valence-corrected chi connectivity index (χ3v) is 3.52. The normalized spacial score (nSPS) is 21.2. The maximum Gasteiger partial charge on any atom is 0.343 e. The number of carbonyl (C=O) groups excluding carboxylic acids is 1. The lowest BCUT2D eigenvalue weighted by Gasteiger charge is -2.19. The van der Waals surface area contributed by atoms with Crippen LogP contribution in [0, 0.1) is 0 Å². The number of halogens is 1. The van der Waals surface area contributed by atoms with E-state index in [9.17, 15) is 14.0 Å². The van der Waals surface area contributed by atoms with Crippen molar-refractivity contribution in [2.24, 2.45) is 0 Å². The van der Waals surface area contributed by atoms with Gasteiger partial charge in [0.25, 0.3) is 5.91 Å². The van der Waals surface area contributed by atoms with Crippen LogP contribution in [0.5, 0.6) is 11.5 Å². The number of hydrogen-bond donors (Lipinski definition) is 1. The second-order valence-electron chi connectivity index (χ2n) is 4.79. The number of aliphatic carboxylic acids is 1. The fraction of sp³-hybridized carbons (Fsp3) is 0.429. The molecule has 0 radical (unpaired) electrons. The molecule has 1 heterocycles. The van der Waals surface area contributed by atoms with Crippen molar-refractivity contribution in [2.75, 3.05) is 27.3 Å². The van der Waals surface area contributed by atoms with E-state index < -0.39 is 24.1 Å². The van der Waals surface area contributed by atoms with Gasteiger partial charge in [-0.05, 0) is 12.1 Å². The Kier molecular flexibility index (Phi) is 4.02. The van der Waals surface area contributed by atoms with Crippen molar-refractivity contribution in [2.45, 2.75) is 12.1 Å². The number of alkyl halides is 1. The SMILES string of the molecule is COc1cccc(C(=O)N2CCC(F)(C(=O)O)C2)c1OC. The number of ether oxygens (including phenoxy) is 2. The van der Waals surface area contributed by atoms with Gasteiger partial charge in [-0.1, -0.05) is 6.07 Å². The van der Waals surface area contributed by atoms with Crippen LogP contribution in [0.1, 0.15) is 16.8 Å². The van der Waals surface area contributed by atoms with Crippen LogP contribution < -0.4 is 9.47 Å². The predicted octanol–water partition coefficient (Wildman–Crippen LogP) is 1.34. The van der Waals surface area contributed by atoms with Crippen molar-refractivity contribution in [3.8, 4) is 11.5 Å². The van der Waals surface area contributed by atoms with Gasteiger partial charge in [-0.3, -0.25) is 4.79 Å². The Morgan fingerprint density at radius 3 is 2.57 bits per heavy atom. The van der Waals surface area contributed by atoms with Gasteiger partial charge < -0.3 is 19.5 Å². The van der Waals surface area contributed by atoms with E-state index >= 15 is 0 Å². The second-order valence-corrected chi connectivity index (χ2v) is 4.79. The molecular formula is C14H16FNO5. The van der Waals surface area contributed by atoms with Crippen molar-refractivity contribution >= 4 is 11.9 Å². The van der Waals surface area contributed by atoms with E-state index in [-0.39, 0.29) is 24.3 Å². The Hall–Kier alpha value is -2.31. The molecule has 1 aliphatic heterocycles. The molecule has 0 bridgehead atoms. The summed E-state index contributed by atoms with van der Waals surface area (Å²) in [5.74, 6) is -1.40. The third kappa shape index (κ3) is 2.63. The van der Waals surface area contributed by atoms with Crippen LogP contribution in [-0.4, -0.2) is 54.9 Å². The van der Waals surface area contributed by atoms with E-state index in [1.165, 1.54) is 25.2 Å². The fourth-order valence-electron chi connectivity index (χ4n) is 2.35. The zero-order valence-corrected chi connectivity index (χ0v) is 11.8. The summed E-state index contributed by atoms with van der Waals surface area (Å²) in [5.41, 5.74) is -2.17. The summed E-state index contributed by atoms with van der Waals surface area (Å²) in [6, 6.07) is 4.78. The van der Waals surface area contributed by atoms with Gasteiger partial charge in [-0.2, -0.15) is 0 Å². The number of hydrogen-bond acceptors (Lipinski definition) is 4. The monoisotopic (exact) mass is 297 g/mol. The molecule has 1 aromatic rings. The molecule has 0 saturated carbocycles. The van der Waals surface area contributed by atoms with Gasteiger partial charge in [-0.15, -0.1) is 0 Å². The van der Waals surface area contributed by atoms with E-state index in [1.54, 1.807) is 12.1 Å². The zero-order valence-electron chi connectivity index (χ0n) is 11.8. The van der Waals surface area contributed by atoms with Crippen molar-refractivity contribution in [1.29, 1.82) is 0 Å². The van der Waals surface area contributed by atoms with Gasteiger partial charge in [0.1, 0.15) is 0 Å². The summed E-state index contributed by atoms with van der Waals surface area (Å²) in [5, 5.41) is 8.87. The van der Waals surface area contributed by atoms with Crippen molar-refractivity contribution < 1.29 is 28.6 Å². The van der Waals surface area contributed by atoms with E-state index in [0.717, 1.165) is 0 Å². The van der Waals surface area contributed by atoms with Crippen LogP contribution in [0.4, 0.5) is 4.39 Å². The molecule has 1 atom stereocenters. The number of carbonyl (C=O) groups is 2. The molecule has 1 amide bonds. The first-order valence-electron chi connectivity index (χ1n) is 6.35. The number of para-hydroxylation sites is 1. The summed E-state index contributed by atoms with van der Waals surface area (Å²) >= 11 is 0. The lowest BCUT2D eigenvalue weighted by atomic mass is 10.1. The summed E-state index contributed by atoms with van der Waals surface area (Å²) in [6.07, 6.45) is -0.222. The maximum atomic E-state index is 14.0. The average molecular weight is 297 g/mol. The Morgan fingerprint density at radius 1 is 1.33 bits per heavy atom. The number of carboxylic acid groups (broad SMARTS) is 1. The molecule has 21 heavy (non-hydrogen) atoms. The third-order valence-electron chi connectivity index (χ3n) is 3.52. The first kappa shape index (κ1) is 15.1. The molecule has 1 N–H and O–H groups in total. The topological polar surface area (TPSA) is 76.1 Å². The number of carboxylic acids is 1. The zero-order chi connectivity index (χ0) is 15.6. The highest BCUT2D eigenvalue weighted by atomic mass is 19.1. The van der Waals surface area contributed by atoms with Gasteiger partial charge in [0.05, 0.1) is 26.3 Å². The molecule has 6 nitrogen and oxygen atoms in total.